The normalized spacial score (nSPS) is 10.7. The van der Waals surface area contributed by atoms with Gasteiger partial charge in [0.15, 0.2) is 6.61 Å². The number of nitrogens with zero attached hydrogens (tertiary/aromatic N) is 2. The van der Waals surface area contributed by atoms with Crippen molar-refractivity contribution in [1.29, 1.82) is 0 Å². The first-order chi connectivity index (χ1) is 9.41. The molecular weight excluding hydrogens is 252 g/mol. The molecule has 0 atom stereocenters. The molecule has 106 valence electrons. The maximum Gasteiger partial charge on any atom is 0.284 e. The molecule has 0 amide bonds. The molecule has 0 saturated heterocycles. The zero-order valence-corrected chi connectivity index (χ0v) is 12.7. The number of benzene rings is 1. The molecule has 1 aromatic heterocycles. The first-order valence-electron chi connectivity index (χ1n) is 6.67. The Bertz CT molecular complexity index is 636. The fraction of sp³-hybridized carbons (Fsp3) is 0.375. The molecule has 0 saturated carbocycles. The maximum atomic E-state index is 12.2. The summed E-state index contributed by atoms with van der Waals surface area (Å²) in [6.07, 6.45) is 0. The quantitative estimate of drug-likeness (QED) is 0.862. The van der Waals surface area contributed by atoms with Crippen LogP contribution in [0.5, 0.6) is 5.75 Å². The number of aryl methyl sites for hydroxylation is 3. The van der Waals surface area contributed by atoms with E-state index in [9.17, 15) is 4.79 Å². The van der Waals surface area contributed by atoms with Gasteiger partial charge >= 0.3 is 0 Å². The summed E-state index contributed by atoms with van der Waals surface area (Å²) in [4.78, 5) is 12.2. The lowest BCUT2D eigenvalue weighted by Gasteiger charge is -2.11. The molecule has 0 N–H and O–H groups in total. The Labute approximate surface area is 119 Å². The summed E-state index contributed by atoms with van der Waals surface area (Å²) in [6.45, 7) is 9.70. The van der Waals surface area contributed by atoms with Crippen LogP contribution >= 0.6 is 0 Å². The second-order valence-corrected chi connectivity index (χ2v) is 5.11. The zero-order valence-electron chi connectivity index (χ0n) is 12.7. The monoisotopic (exact) mass is 272 g/mol. The number of carbonyl (C=O) groups is 1. The number of hydrogen-bond donors (Lipinski definition) is 0. The first-order valence-corrected chi connectivity index (χ1v) is 6.67. The van der Waals surface area contributed by atoms with E-state index in [1.807, 2.05) is 52.8 Å². The molecular formula is C16H20N2O2. The minimum absolute atomic E-state index is 0.00685. The highest BCUT2D eigenvalue weighted by atomic mass is 16.5. The van der Waals surface area contributed by atoms with Crippen LogP contribution in [0.3, 0.4) is 0 Å². The Morgan fingerprint density at radius 3 is 2.25 bits per heavy atom. The summed E-state index contributed by atoms with van der Waals surface area (Å²) in [5, 5.41) is 4.25. The summed E-state index contributed by atoms with van der Waals surface area (Å²) in [6, 6.07) is 5.92. The van der Waals surface area contributed by atoms with Gasteiger partial charge < -0.3 is 4.74 Å². The van der Waals surface area contributed by atoms with Gasteiger partial charge in [-0.1, -0.05) is 18.2 Å². The molecule has 4 heteroatoms. The van der Waals surface area contributed by atoms with Crippen LogP contribution in [-0.4, -0.2) is 22.3 Å². The van der Waals surface area contributed by atoms with Crippen LogP contribution in [0.2, 0.25) is 0 Å². The van der Waals surface area contributed by atoms with Gasteiger partial charge in [-0.2, -0.15) is 5.10 Å². The van der Waals surface area contributed by atoms with Gasteiger partial charge in [0.1, 0.15) is 5.75 Å². The Morgan fingerprint density at radius 2 is 1.75 bits per heavy atom. The highest BCUT2D eigenvalue weighted by Gasteiger charge is 2.15. The van der Waals surface area contributed by atoms with Crippen molar-refractivity contribution >= 4 is 5.91 Å². The molecule has 0 fully saturated rings. The number of hydrogen-bond acceptors (Lipinski definition) is 3. The molecule has 0 aliphatic carbocycles. The lowest BCUT2D eigenvalue weighted by Crippen LogP contribution is -2.22. The third-order valence-electron chi connectivity index (χ3n) is 3.64. The van der Waals surface area contributed by atoms with Gasteiger partial charge in [-0.3, -0.25) is 4.79 Å². The second kappa shape index (κ2) is 5.49. The fourth-order valence-corrected chi connectivity index (χ4v) is 2.19. The Hall–Kier alpha value is -2.10. The van der Waals surface area contributed by atoms with E-state index in [2.05, 4.69) is 5.10 Å². The molecule has 0 aliphatic rings. The predicted octanol–water partition coefficient (Wildman–Crippen LogP) is 3.14. The van der Waals surface area contributed by atoms with Crippen LogP contribution in [0.15, 0.2) is 18.2 Å². The Kier molecular flexibility index (Phi) is 3.93. The average Bonchev–Trinajstić information content (AvgIpc) is 2.66. The second-order valence-electron chi connectivity index (χ2n) is 5.11. The van der Waals surface area contributed by atoms with E-state index < -0.39 is 0 Å². The minimum Gasteiger partial charge on any atom is -0.483 e. The van der Waals surface area contributed by atoms with Gasteiger partial charge in [0, 0.05) is 5.69 Å². The van der Waals surface area contributed by atoms with Crippen molar-refractivity contribution in [3.63, 3.8) is 0 Å². The van der Waals surface area contributed by atoms with Gasteiger partial charge in [-0.25, -0.2) is 4.68 Å². The Balaban J connectivity index is 2.15. The van der Waals surface area contributed by atoms with E-state index in [-0.39, 0.29) is 12.5 Å². The largest absolute Gasteiger partial charge is 0.483 e. The zero-order chi connectivity index (χ0) is 14.9. The van der Waals surface area contributed by atoms with E-state index in [0.29, 0.717) is 0 Å². The molecule has 0 spiro atoms. The van der Waals surface area contributed by atoms with Gasteiger partial charge in [0.05, 0.1) is 5.69 Å². The molecule has 4 nitrogen and oxygen atoms in total. The van der Waals surface area contributed by atoms with Crippen molar-refractivity contribution in [2.45, 2.75) is 34.6 Å². The van der Waals surface area contributed by atoms with E-state index in [1.165, 1.54) is 4.68 Å². The van der Waals surface area contributed by atoms with Crippen molar-refractivity contribution in [2.75, 3.05) is 6.61 Å². The van der Waals surface area contributed by atoms with Crippen molar-refractivity contribution in [3.8, 4) is 5.75 Å². The molecule has 2 aromatic rings. The average molecular weight is 272 g/mol. The number of aromatic nitrogens is 2. The third-order valence-corrected chi connectivity index (χ3v) is 3.64. The molecule has 1 aromatic carbocycles. The Morgan fingerprint density at radius 1 is 1.15 bits per heavy atom. The smallest absolute Gasteiger partial charge is 0.284 e. The SMILES string of the molecule is Cc1cccc(C)c1OCC(=O)n1nc(C)c(C)c1C. The minimum atomic E-state index is -0.152. The maximum absolute atomic E-state index is 12.2. The molecule has 0 aliphatic heterocycles. The molecule has 20 heavy (non-hydrogen) atoms. The van der Waals surface area contributed by atoms with Crippen molar-refractivity contribution in [1.82, 2.24) is 9.78 Å². The predicted molar refractivity (Wildman–Crippen MR) is 78.5 cm³/mol. The molecule has 2 rings (SSSR count). The molecule has 1 heterocycles. The van der Waals surface area contributed by atoms with E-state index in [1.54, 1.807) is 0 Å². The lowest BCUT2D eigenvalue weighted by molar-refractivity contribution is 0.0817. The van der Waals surface area contributed by atoms with E-state index in [4.69, 9.17) is 4.74 Å². The summed E-state index contributed by atoms with van der Waals surface area (Å²) in [7, 11) is 0. The molecule has 0 bridgehead atoms. The van der Waals surface area contributed by atoms with E-state index >= 15 is 0 Å². The number of ether oxygens (including phenoxy) is 1. The van der Waals surface area contributed by atoms with Crippen LogP contribution in [0.25, 0.3) is 0 Å². The first kappa shape index (κ1) is 14.3. The van der Waals surface area contributed by atoms with E-state index in [0.717, 1.165) is 33.8 Å². The van der Waals surface area contributed by atoms with Gasteiger partial charge in [-0.05, 0) is 51.3 Å². The molecule has 0 unspecified atom stereocenters. The lowest BCUT2D eigenvalue weighted by atomic mass is 10.1. The van der Waals surface area contributed by atoms with Crippen LogP contribution < -0.4 is 4.74 Å². The number of para-hydroxylation sites is 1. The van der Waals surface area contributed by atoms with Crippen molar-refractivity contribution in [2.24, 2.45) is 0 Å². The summed E-state index contributed by atoms with van der Waals surface area (Å²) < 4.78 is 7.11. The number of rotatable bonds is 3. The summed E-state index contributed by atoms with van der Waals surface area (Å²) >= 11 is 0. The van der Waals surface area contributed by atoms with Gasteiger partial charge in [-0.15, -0.1) is 0 Å². The van der Waals surface area contributed by atoms with Crippen LogP contribution in [0.1, 0.15) is 32.9 Å². The van der Waals surface area contributed by atoms with Crippen LogP contribution in [-0.2, 0) is 0 Å². The van der Waals surface area contributed by atoms with Crippen LogP contribution in [0.4, 0.5) is 0 Å². The van der Waals surface area contributed by atoms with Gasteiger partial charge in [0.2, 0.25) is 0 Å². The highest BCUT2D eigenvalue weighted by molar-refractivity contribution is 5.80. The molecule has 0 radical (unpaired) electrons. The van der Waals surface area contributed by atoms with Crippen molar-refractivity contribution in [3.05, 3.63) is 46.3 Å². The fourth-order valence-electron chi connectivity index (χ4n) is 2.19. The highest BCUT2D eigenvalue weighted by Crippen LogP contribution is 2.22. The van der Waals surface area contributed by atoms with Crippen LogP contribution in [0, 0.1) is 34.6 Å². The summed E-state index contributed by atoms with van der Waals surface area (Å²) in [5.74, 6) is 0.625. The topological polar surface area (TPSA) is 44.1 Å². The number of carbonyl (C=O) groups excluding carboxylic acids is 1. The van der Waals surface area contributed by atoms with Crippen molar-refractivity contribution < 1.29 is 9.53 Å². The standard InChI is InChI=1S/C16H20N2O2/c1-10-7-6-8-11(2)16(10)20-9-15(19)18-14(5)12(3)13(4)17-18/h6-8H,9H2,1-5H3. The third kappa shape index (κ3) is 2.59. The van der Waals surface area contributed by atoms with Gasteiger partial charge in [0.25, 0.3) is 5.91 Å². The summed E-state index contributed by atoms with van der Waals surface area (Å²) in [5.41, 5.74) is 4.86.